The second-order valence-corrected chi connectivity index (χ2v) is 4.38. The zero-order valence-corrected chi connectivity index (χ0v) is 11.1. The molecule has 0 unspecified atom stereocenters. The highest BCUT2D eigenvalue weighted by Crippen LogP contribution is 2.28. The standard InChI is InChI=1S/C15H16ClNO/c1-2-17-11-12-8-9-13(16)10-15(12)18-14-6-4-3-5-7-14/h3-10,17H,2,11H2,1H3. The van der Waals surface area contributed by atoms with Crippen LogP contribution >= 0.6 is 11.6 Å². The van der Waals surface area contributed by atoms with Crippen LogP contribution < -0.4 is 10.1 Å². The lowest BCUT2D eigenvalue weighted by Gasteiger charge is -2.12. The van der Waals surface area contributed by atoms with E-state index in [0.29, 0.717) is 5.02 Å². The summed E-state index contributed by atoms with van der Waals surface area (Å²) in [7, 11) is 0. The molecule has 2 aromatic carbocycles. The Morgan fingerprint density at radius 3 is 2.61 bits per heavy atom. The molecule has 18 heavy (non-hydrogen) atoms. The fraction of sp³-hybridized carbons (Fsp3) is 0.200. The summed E-state index contributed by atoms with van der Waals surface area (Å²) in [6.45, 7) is 3.77. The summed E-state index contributed by atoms with van der Waals surface area (Å²) >= 11 is 6.02. The van der Waals surface area contributed by atoms with Gasteiger partial charge in [-0.1, -0.05) is 42.8 Å². The van der Waals surface area contributed by atoms with Crippen molar-refractivity contribution < 1.29 is 4.74 Å². The predicted molar refractivity (Wildman–Crippen MR) is 75.3 cm³/mol. The Kier molecular flexibility index (Phi) is 4.62. The van der Waals surface area contributed by atoms with Gasteiger partial charge in [-0.3, -0.25) is 0 Å². The van der Waals surface area contributed by atoms with Gasteiger partial charge in [0.25, 0.3) is 0 Å². The minimum atomic E-state index is 0.682. The molecular weight excluding hydrogens is 246 g/mol. The number of hydrogen-bond donors (Lipinski definition) is 1. The van der Waals surface area contributed by atoms with Crippen molar-refractivity contribution in [1.29, 1.82) is 0 Å². The molecule has 0 aliphatic carbocycles. The van der Waals surface area contributed by atoms with Gasteiger partial charge in [-0.15, -0.1) is 0 Å². The first kappa shape index (κ1) is 12.9. The Hall–Kier alpha value is -1.51. The number of halogens is 1. The van der Waals surface area contributed by atoms with Gasteiger partial charge in [-0.2, -0.15) is 0 Å². The second kappa shape index (κ2) is 6.43. The van der Waals surface area contributed by atoms with Crippen LogP contribution in [0.15, 0.2) is 48.5 Å². The van der Waals surface area contributed by atoms with E-state index in [-0.39, 0.29) is 0 Å². The van der Waals surface area contributed by atoms with Crippen LogP contribution in [0.2, 0.25) is 5.02 Å². The fourth-order valence-corrected chi connectivity index (χ4v) is 1.81. The number of benzene rings is 2. The number of para-hydroxylation sites is 1. The van der Waals surface area contributed by atoms with E-state index in [4.69, 9.17) is 16.3 Å². The highest BCUT2D eigenvalue weighted by Gasteiger charge is 2.05. The van der Waals surface area contributed by atoms with E-state index in [1.54, 1.807) is 0 Å². The van der Waals surface area contributed by atoms with Crippen LogP contribution in [0.5, 0.6) is 11.5 Å². The maximum Gasteiger partial charge on any atom is 0.133 e. The Morgan fingerprint density at radius 2 is 1.89 bits per heavy atom. The van der Waals surface area contributed by atoms with Crippen LogP contribution in [0.1, 0.15) is 12.5 Å². The van der Waals surface area contributed by atoms with Gasteiger partial charge in [-0.05, 0) is 30.8 Å². The molecule has 0 fully saturated rings. The van der Waals surface area contributed by atoms with Gasteiger partial charge in [0.2, 0.25) is 0 Å². The molecule has 0 heterocycles. The summed E-state index contributed by atoms with van der Waals surface area (Å²) in [5, 5.41) is 3.97. The van der Waals surface area contributed by atoms with Crippen LogP contribution in [0, 0.1) is 0 Å². The van der Waals surface area contributed by atoms with E-state index in [2.05, 4.69) is 12.2 Å². The first-order valence-electron chi connectivity index (χ1n) is 6.01. The van der Waals surface area contributed by atoms with Crippen LogP contribution in [0.25, 0.3) is 0 Å². The third-order valence-corrected chi connectivity index (χ3v) is 2.80. The summed E-state index contributed by atoms with van der Waals surface area (Å²) in [5.74, 6) is 1.62. The molecule has 0 aromatic heterocycles. The van der Waals surface area contributed by atoms with Crippen molar-refractivity contribution in [2.45, 2.75) is 13.5 Å². The normalized spacial score (nSPS) is 10.3. The SMILES string of the molecule is CCNCc1ccc(Cl)cc1Oc1ccccc1. The molecule has 94 valence electrons. The number of hydrogen-bond acceptors (Lipinski definition) is 2. The van der Waals surface area contributed by atoms with Gasteiger partial charge >= 0.3 is 0 Å². The van der Waals surface area contributed by atoms with Crippen molar-refractivity contribution in [1.82, 2.24) is 5.32 Å². The van der Waals surface area contributed by atoms with E-state index >= 15 is 0 Å². The molecule has 0 saturated carbocycles. The number of nitrogens with one attached hydrogen (secondary N) is 1. The first-order chi connectivity index (χ1) is 8.79. The lowest BCUT2D eigenvalue weighted by Crippen LogP contribution is -2.12. The Morgan fingerprint density at radius 1 is 1.11 bits per heavy atom. The van der Waals surface area contributed by atoms with E-state index in [9.17, 15) is 0 Å². The minimum Gasteiger partial charge on any atom is -0.457 e. The maximum absolute atomic E-state index is 6.02. The van der Waals surface area contributed by atoms with Gasteiger partial charge in [0, 0.05) is 17.1 Å². The molecular formula is C15H16ClNO. The molecule has 0 saturated heterocycles. The highest BCUT2D eigenvalue weighted by molar-refractivity contribution is 6.30. The summed E-state index contributed by atoms with van der Waals surface area (Å²) < 4.78 is 5.86. The quantitative estimate of drug-likeness (QED) is 0.869. The predicted octanol–water partition coefficient (Wildman–Crippen LogP) is 4.24. The Balaban J connectivity index is 2.22. The third kappa shape index (κ3) is 3.49. The smallest absolute Gasteiger partial charge is 0.133 e. The molecule has 2 rings (SSSR count). The molecule has 0 atom stereocenters. The molecule has 2 nitrogen and oxygen atoms in total. The molecule has 3 heteroatoms. The fourth-order valence-electron chi connectivity index (χ4n) is 1.64. The summed E-state index contributed by atoms with van der Waals surface area (Å²) in [6, 6.07) is 15.4. The van der Waals surface area contributed by atoms with E-state index in [1.807, 2.05) is 48.5 Å². The monoisotopic (exact) mass is 261 g/mol. The topological polar surface area (TPSA) is 21.3 Å². The second-order valence-electron chi connectivity index (χ2n) is 3.95. The van der Waals surface area contributed by atoms with E-state index < -0.39 is 0 Å². The van der Waals surface area contributed by atoms with Crippen LogP contribution in [0.4, 0.5) is 0 Å². The molecule has 0 aliphatic heterocycles. The van der Waals surface area contributed by atoms with Gasteiger partial charge in [0.15, 0.2) is 0 Å². The van der Waals surface area contributed by atoms with Crippen LogP contribution in [0.3, 0.4) is 0 Å². The first-order valence-corrected chi connectivity index (χ1v) is 6.39. The molecule has 0 aliphatic rings. The van der Waals surface area contributed by atoms with Crippen molar-refractivity contribution in [3.63, 3.8) is 0 Å². The van der Waals surface area contributed by atoms with E-state index in [1.165, 1.54) is 0 Å². The van der Waals surface area contributed by atoms with Crippen molar-refractivity contribution >= 4 is 11.6 Å². The van der Waals surface area contributed by atoms with Crippen molar-refractivity contribution in [3.05, 3.63) is 59.1 Å². The van der Waals surface area contributed by atoms with Crippen LogP contribution in [-0.4, -0.2) is 6.54 Å². The molecule has 0 amide bonds. The average Bonchev–Trinajstić information content (AvgIpc) is 2.39. The zero-order valence-electron chi connectivity index (χ0n) is 10.3. The molecule has 0 bridgehead atoms. The van der Waals surface area contributed by atoms with Crippen LogP contribution in [-0.2, 0) is 6.54 Å². The number of ether oxygens (including phenoxy) is 1. The van der Waals surface area contributed by atoms with Crippen molar-refractivity contribution in [3.8, 4) is 11.5 Å². The average molecular weight is 262 g/mol. The number of rotatable bonds is 5. The Labute approximate surface area is 113 Å². The molecule has 1 N–H and O–H groups in total. The van der Waals surface area contributed by atoms with Gasteiger partial charge < -0.3 is 10.1 Å². The van der Waals surface area contributed by atoms with Crippen molar-refractivity contribution in [2.75, 3.05) is 6.54 Å². The highest BCUT2D eigenvalue weighted by atomic mass is 35.5. The van der Waals surface area contributed by atoms with Gasteiger partial charge in [0.05, 0.1) is 0 Å². The maximum atomic E-state index is 6.02. The Bertz CT molecular complexity index is 499. The lowest BCUT2D eigenvalue weighted by molar-refractivity contribution is 0.473. The summed E-state index contributed by atoms with van der Waals surface area (Å²) in [6.07, 6.45) is 0. The zero-order chi connectivity index (χ0) is 12.8. The summed E-state index contributed by atoms with van der Waals surface area (Å²) in [5.41, 5.74) is 1.10. The van der Waals surface area contributed by atoms with Crippen molar-refractivity contribution in [2.24, 2.45) is 0 Å². The minimum absolute atomic E-state index is 0.682. The largest absolute Gasteiger partial charge is 0.457 e. The summed E-state index contributed by atoms with van der Waals surface area (Å²) in [4.78, 5) is 0. The van der Waals surface area contributed by atoms with Gasteiger partial charge in [0.1, 0.15) is 11.5 Å². The van der Waals surface area contributed by atoms with E-state index in [0.717, 1.165) is 30.2 Å². The molecule has 0 radical (unpaired) electrons. The molecule has 0 spiro atoms. The molecule has 2 aromatic rings. The lowest BCUT2D eigenvalue weighted by atomic mass is 10.2. The van der Waals surface area contributed by atoms with Gasteiger partial charge in [-0.25, -0.2) is 0 Å². The third-order valence-electron chi connectivity index (χ3n) is 2.57.